The van der Waals surface area contributed by atoms with Gasteiger partial charge >= 0.3 is 0 Å². The van der Waals surface area contributed by atoms with E-state index in [4.69, 9.17) is 4.42 Å². The lowest BCUT2D eigenvalue weighted by Gasteiger charge is -2.28. The number of benzene rings is 10. The summed E-state index contributed by atoms with van der Waals surface area (Å²) in [7, 11) is 0. The molecule has 10 aromatic carbocycles. The fourth-order valence-corrected chi connectivity index (χ4v) is 10.6. The molecule has 3 nitrogen and oxygen atoms in total. The van der Waals surface area contributed by atoms with E-state index in [1.165, 1.54) is 71.6 Å². The minimum atomic E-state index is -0.118. The number of aromatic nitrogens is 1. The van der Waals surface area contributed by atoms with Crippen molar-refractivity contribution in [2.24, 2.45) is 0 Å². The van der Waals surface area contributed by atoms with Crippen molar-refractivity contribution in [3.8, 4) is 39.1 Å². The molecule has 0 saturated carbocycles. The molecule has 0 amide bonds. The average molecular weight is 819 g/mol. The largest absolute Gasteiger partial charge is 0.456 e. The van der Waals surface area contributed by atoms with E-state index in [1.807, 2.05) is 12.1 Å². The second-order valence-corrected chi connectivity index (χ2v) is 17.7. The van der Waals surface area contributed by atoms with E-state index in [-0.39, 0.29) is 5.41 Å². The highest BCUT2D eigenvalue weighted by molar-refractivity contribution is 6.12. The topological polar surface area (TPSA) is 21.3 Å². The van der Waals surface area contributed by atoms with Crippen LogP contribution >= 0.6 is 0 Å². The summed E-state index contributed by atoms with van der Waals surface area (Å²) < 4.78 is 8.58. The molecule has 13 rings (SSSR count). The fraction of sp³-hybridized carbons (Fsp3) is 0.0492. The Morgan fingerprint density at radius 2 is 0.938 bits per heavy atom. The van der Waals surface area contributed by atoms with E-state index in [0.29, 0.717) is 0 Å². The normalized spacial score (nSPS) is 13.0. The van der Waals surface area contributed by atoms with Crippen molar-refractivity contribution >= 4 is 71.6 Å². The summed E-state index contributed by atoms with van der Waals surface area (Å²) in [6.07, 6.45) is 0. The van der Waals surface area contributed by atoms with Gasteiger partial charge in [-0.05, 0) is 129 Å². The third kappa shape index (κ3) is 5.54. The van der Waals surface area contributed by atoms with Crippen molar-refractivity contribution in [3.05, 3.63) is 230 Å². The lowest BCUT2D eigenvalue weighted by atomic mass is 9.82. The smallest absolute Gasteiger partial charge is 0.135 e. The molecule has 12 aromatic rings. The van der Waals surface area contributed by atoms with E-state index in [1.54, 1.807) is 0 Å². The van der Waals surface area contributed by atoms with E-state index in [0.717, 1.165) is 50.1 Å². The van der Waals surface area contributed by atoms with Gasteiger partial charge in [0.1, 0.15) is 11.2 Å². The first-order valence-electron chi connectivity index (χ1n) is 22.2. The molecule has 0 fully saturated rings. The first kappa shape index (κ1) is 36.5. The third-order valence-electron chi connectivity index (χ3n) is 13.8. The molecule has 0 bridgehead atoms. The Morgan fingerprint density at radius 3 is 1.73 bits per heavy atom. The highest BCUT2D eigenvalue weighted by atomic mass is 16.3. The van der Waals surface area contributed by atoms with Gasteiger partial charge in [0.25, 0.3) is 0 Å². The Labute approximate surface area is 371 Å². The SMILES string of the molecule is CC1(C)c2ccccc2-c2ccc(N(c3ccc(-c4ccc5oc6ccccc6c5c4)cc3)c3ccc(-c4ccc5c(c4)c4ccccc4n5-c4cccc5ccccc45)cc3)cc21. The van der Waals surface area contributed by atoms with E-state index in [9.17, 15) is 0 Å². The third-order valence-corrected chi connectivity index (χ3v) is 13.8. The van der Waals surface area contributed by atoms with Gasteiger partial charge in [0.15, 0.2) is 0 Å². The molecule has 0 atom stereocenters. The fourth-order valence-electron chi connectivity index (χ4n) is 10.6. The van der Waals surface area contributed by atoms with Crippen LogP contribution < -0.4 is 4.90 Å². The molecule has 0 radical (unpaired) electrons. The second-order valence-electron chi connectivity index (χ2n) is 17.7. The number of fused-ring (bicyclic) bond motifs is 10. The molecule has 1 aliphatic carbocycles. The maximum absolute atomic E-state index is 6.15. The van der Waals surface area contributed by atoms with Crippen LogP contribution in [0.1, 0.15) is 25.0 Å². The molecule has 1 aliphatic rings. The summed E-state index contributed by atoms with van der Waals surface area (Å²) in [5.41, 5.74) is 18.7. The standard InChI is InChI=1S/C61H42N2O/c1-61(2)54-18-8-5-15-48(54)49-33-32-46(38-55(49)61)62(45-30-24-40(25-31-45)43-27-35-60-53(37-43)51-17-7-10-21-59(51)64-60)44-28-22-39(23-29-44)42-26-34-58-52(36-42)50-16-6-9-19-57(50)63(58)56-20-11-13-41-12-3-4-14-47(41)56/h3-38H,1-2H3. The van der Waals surface area contributed by atoms with Gasteiger partial charge in [0, 0.05) is 49.4 Å². The molecular formula is C61H42N2O. The van der Waals surface area contributed by atoms with Crippen LogP contribution in [0.4, 0.5) is 17.1 Å². The predicted octanol–water partition coefficient (Wildman–Crippen LogP) is 16.9. The average Bonchev–Trinajstić information content (AvgIpc) is 3.96. The minimum absolute atomic E-state index is 0.118. The highest BCUT2D eigenvalue weighted by Crippen LogP contribution is 2.51. The van der Waals surface area contributed by atoms with E-state index < -0.39 is 0 Å². The number of hydrogen-bond acceptors (Lipinski definition) is 2. The second kappa shape index (κ2) is 13.9. The molecule has 64 heavy (non-hydrogen) atoms. The molecular weight excluding hydrogens is 777 g/mol. The number of para-hydroxylation sites is 2. The lowest BCUT2D eigenvalue weighted by Crippen LogP contribution is -2.16. The van der Waals surface area contributed by atoms with E-state index >= 15 is 0 Å². The van der Waals surface area contributed by atoms with Crippen molar-refractivity contribution in [2.75, 3.05) is 4.90 Å². The predicted molar refractivity (Wildman–Crippen MR) is 269 cm³/mol. The van der Waals surface area contributed by atoms with Crippen LogP contribution in [-0.2, 0) is 5.41 Å². The van der Waals surface area contributed by atoms with Gasteiger partial charge in [-0.15, -0.1) is 0 Å². The van der Waals surface area contributed by atoms with Crippen LogP contribution in [-0.4, -0.2) is 4.57 Å². The van der Waals surface area contributed by atoms with Crippen molar-refractivity contribution in [1.29, 1.82) is 0 Å². The summed E-state index contributed by atoms with van der Waals surface area (Å²) in [4.78, 5) is 2.40. The van der Waals surface area contributed by atoms with Gasteiger partial charge in [0.05, 0.1) is 16.7 Å². The Kier molecular flexibility index (Phi) is 7.95. The maximum Gasteiger partial charge on any atom is 0.135 e. The number of furan rings is 1. The zero-order chi connectivity index (χ0) is 42.5. The summed E-state index contributed by atoms with van der Waals surface area (Å²) in [5.74, 6) is 0. The summed E-state index contributed by atoms with van der Waals surface area (Å²) in [6.45, 7) is 4.71. The Morgan fingerprint density at radius 1 is 0.375 bits per heavy atom. The summed E-state index contributed by atoms with van der Waals surface area (Å²) in [6, 6.07) is 79.8. The van der Waals surface area contributed by atoms with Crippen LogP contribution in [0.3, 0.4) is 0 Å². The molecule has 0 N–H and O–H groups in total. The monoisotopic (exact) mass is 818 g/mol. The summed E-state index contributed by atoms with van der Waals surface area (Å²) >= 11 is 0. The zero-order valence-corrected chi connectivity index (χ0v) is 35.6. The minimum Gasteiger partial charge on any atom is -0.456 e. The van der Waals surface area contributed by atoms with Crippen molar-refractivity contribution in [1.82, 2.24) is 4.57 Å². The van der Waals surface area contributed by atoms with E-state index in [2.05, 4.69) is 230 Å². The van der Waals surface area contributed by atoms with Crippen LogP contribution in [0.5, 0.6) is 0 Å². The Hall–Kier alpha value is -8.14. The van der Waals surface area contributed by atoms with Gasteiger partial charge in [-0.2, -0.15) is 0 Å². The number of anilines is 3. The number of rotatable bonds is 6. The van der Waals surface area contributed by atoms with Gasteiger partial charge in [-0.3, -0.25) is 0 Å². The van der Waals surface area contributed by atoms with Crippen molar-refractivity contribution < 1.29 is 4.42 Å². The van der Waals surface area contributed by atoms with Gasteiger partial charge in [-0.25, -0.2) is 0 Å². The number of nitrogens with zero attached hydrogens (tertiary/aromatic N) is 2. The van der Waals surface area contributed by atoms with Crippen LogP contribution in [0.2, 0.25) is 0 Å². The van der Waals surface area contributed by atoms with Gasteiger partial charge in [0.2, 0.25) is 0 Å². The first-order chi connectivity index (χ1) is 31.5. The Bertz CT molecular complexity index is 3810. The van der Waals surface area contributed by atoms with Crippen molar-refractivity contribution in [2.45, 2.75) is 19.3 Å². The highest BCUT2D eigenvalue weighted by Gasteiger charge is 2.35. The molecule has 0 spiro atoms. The van der Waals surface area contributed by atoms with Crippen molar-refractivity contribution in [3.63, 3.8) is 0 Å². The van der Waals surface area contributed by atoms with Gasteiger partial charge in [-0.1, -0.05) is 153 Å². The van der Waals surface area contributed by atoms with Crippen LogP contribution in [0.15, 0.2) is 223 Å². The maximum atomic E-state index is 6.15. The molecule has 2 heterocycles. The first-order valence-corrected chi connectivity index (χ1v) is 22.2. The molecule has 0 saturated heterocycles. The summed E-state index contributed by atoms with van der Waals surface area (Å²) in [5, 5.41) is 7.25. The zero-order valence-electron chi connectivity index (χ0n) is 35.6. The lowest BCUT2D eigenvalue weighted by molar-refractivity contribution is 0.660. The quantitative estimate of drug-likeness (QED) is 0.167. The molecule has 0 unspecified atom stereocenters. The van der Waals surface area contributed by atoms with Crippen LogP contribution in [0.25, 0.3) is 93.6 Å². The molecule has 302 valence electrons. The van der Waals surface area contributed by atoms with Crippen LogP contribution in [0, 0.1) is 0 Å². The number of hydrogen-bond donors (Lipinski definition) is 0. The van der Waals surface area contributed by atoms with Gasteiger partial charge < -0.3 is 13.9 Å². The Balaban J connectivity index is 0.908. The molecule has 0 aliphatic heterocycles. The molecule has 2 aromatic heterocycles. The molecule has 3 heteroatoms.